The zero-order valence-corrected chi connectivity index (χ0v) is 45.6. The predicted octanol–water partition coefficient (Wildman–Crippen LogP) is 20.4. The molecule has 372 valence electrons. The van der Waals surface area contributed by atoms with Crippen LogP contribution in [0.15, 0.2) is 60.7 Å². The minimum atomic E-state index is 0.204. The maximum absolute atomic E-state index is 7.00. The Balaban J connectivity index is -0.00000424. The van der Waals surface area contributed by atoms with Gasteiger partial charge in [-0.2, -0.15) is 0 Å². The van der Waals surface area contributed by atoms with Crippen LogP contribution in [-0.2, 0) is 10.8 Å². The van der Waals surface area contributed by atoms with Crippen molar-refractivity contribution in [3.63, 3.8) is 0 Å². The Kier molecular flexibility index (Phi) is 46.1. The third-order valence-corrected chi connectivity index (χ3v) is 14.3. The quantitative estimate of drug-likeness (QED) is 0.0670. The van der Waals surface area contributed by atoms with E-state index < -0.39 is 0 Å². The van der Waals surface area contributed by atoms with Crippen molar-refractivity contribution in [2.24, 2.45) is 10.8 Å². The molecule has 0 spiro atoms. The van der Waals surface area contributed by atoms with E-state index >= 15 is 0 Å². The van der Waals surface area contributed by atoms with Crippen molar-refractivity contribution in [3.05, 3.63) is 71.8 Å². The van der Waals surface area contributed by atoms with E-state index in [1.54, 1.807) is 11.1 Å². The summed E-state index contributed by atoms with van der Waals surface area (Å²) in [6, 6.07) is 24.0. The summed E-state index contributed by atoms with van der Waals surface area (Å²) in [4.78, 5) is 0. The summed E-state index contributed by atoms with van der Waals surface area (Å²) in [6.07, 6.45) is 42.7. The van der Waals surface area contributed by atoms with Crippen molar-refractivity contribution in [1.82, 2.24) is 0 Å². The number of benzene rings is 2. The van der Waals surface area contributed by atoms with Crippen LogP contribution in [0.3, 0.4) is 0 Å². The highest BCUT2D eigenvalue weighted by Crippen LogP contribution is 2.58. The van der Waals surface area contributed by atoms with Gasteiger partial charge in [0.2, 0.25) is 0 Å². The normalized spacial score (nSPS) is 14.6. The van der Waals surface area contributed by atoms with Crippen LogP contribution in [0.25, 0.3) is 0 Å². The van der Waals surface area contributed by atoms with Crippen LogP contribution >= 0.6 is 0 Å². The SMILES string of the molecule is CC.CC.CCCCCCCCC(CCCCCCC)(CC(CCCCC)(CCCCCC)CC(CCC)(CCCC)CC(C)(CC)c1ccccc1)c1ccccc1.CO.CO. The summed E-state index contributed by atoms with van der Waals surface area (Å²) in [7, 11) is 2.00. The van der Waals surface area contributed by atoms with E-state index in [1.807, 2.05) is 27.7 Å². The van der Waals surface area contributed by atoms with Gasteiger partial charge in [0.1, 0.15) is 0 Å². The van der Waals surface area contributed by atoms with E-state index in [-0.39, 0.29) is 10.8 Å². The molecule has 0 saturated carbocycles. The summed E-state index contributed by atoms with van der Waals surface area (Å²) in [5.41, 5.74) is 4.47. The second kappa shape index (κ2) is 44.2. The molecule has 0 aliphatic rings. The Morgan fingerprint density at radius 3 is 1.10 bits per heavy atom. The molecular weight excluding hydrogens is 765 g/mol. The van der Waals surface area contributed by atoms with Crippen molar-refractivity contribution >= 4 is 0 Å². The number of rotatable bonds is 36. The summed E-state index contributed by atoms with van der Waals surface area (Å²) < 4.78 is 0. The molecule has 0 aromatic heterocycles. The highest BCUT2D eigenvalue weighted by atomic mass is 16.2. The van der Waals surface area contributed by atoms with Crippen molar-refractivity contribution in [2.75, 3.05) is 14.2 Å². The fourth-order valence-corrected chi connectivity index (χ4v) is 11.2. The monoisotopic (exact) mass is 881 g/mol. The molecule has 2 N–H and O–H groups in total. The van der Waals surface area contributed by atoms with Crippen molar-refractivity contribution in [2.45, 2.75) is 293 Å². The van der Waals surface area contributed by atoms with E-state index in [9.17, 15) is 0 Å². The molecule has 2 aromatic rings. The largest absolute Gasteiger partial charge is 0.400 e. The summed E-state index contributed by atoms with van der Waals surface area (Å²) in [5.74, 6) is 0. The Morgan fingerprint density at radius 2 is 0.667 bits per heavy atom. The molecule has 0 aliphatic heterocycles. The first-order valence-corrected chi connectivity index (χ1v) is 27.8. The molecule has 0 saturated heterocycles. The minimum Gasteiger partial charge on any atom is -0.400 e. The highest BCUT2D eigenvalue weighted by molar-refractivity contribution is 5.27. The molecule has 4 atom stereocenters. The average Bonchev–Trinajstić information content (AvgIpc) is 3.34. The maximum atomic E-state index is 7.00. The Morgan fingerprint density at radius 1 is 0.333 bits per heavy atom. The van der Waals surface area contributed by atoms with Gasteiger partial charge in [-0.15, -0.1) is 0 Å². The van der Waals surface area contributed by atoms with Crippen LogP contribution in [0.1, 0.15) is 293 Å². The van der Waals surface area contributed by atoms with Crippen LogP contribution in [0.5, 0.6) is 0 Å². The molecule has 2 heteroatoms. The second-order valence-corrected chi connectivity index (χ2v) is 19.3. The zero-order chi connectivity index (χ0) is 48.1. The number of unbranched alkanes of at least 4 members (excludes halogenated alkanes) is 15. The van der Waals surface area contributed by atoms with E-state index in [2.05, 4.69) is 116 Å². The molecule has 2 nitrogen and oxygen atoms in total. The lowest BCUT2D eigenvalue weighted by molar-refractivity contribution is 0.0260. The van der Waals surface area contributed by atoms with Crippen LogP contribution in [0.2, 0.25) is 0 Å². The number of hydrogen-bond acceptors (Lipinski definition) is 2. The molecule has 0 aliphatic carbocycles. The van der Waals surface area contributed by atoms with Gasteiger partial charge in [-0.05, 0) is 97.0 Å². The van der Waals surface area contributed by atoms with Gasteiger partial charge in [-0.3, -0.25) is 0 Å². The molecule has 2 aromatic carbocycles. The average molecular weight is 882 g/mol. The van der Waals surface area contributed by atoms with E-state index in [4.69, 9.17) is 10.2 Å². The molecule has 0 radical (unpaired) electrons. The lowest BCUT2D eigenvalue weighted by atomic mass is 9.53. The maximum Gasteiger partial charge on any atom is 0.0319 e. The first kappa shape index (κ1) is 65.6. The fraction of sp³-hybridized carbons (Fsp3) is 0.803. The fourth-order valence-electron chi connectivity index (χ4n) is 11.2. The second-order valence-electron chi connectivity index (χ2n) is 19.3. The first-order chi connectivity index (χ1) is 30.8. The third-order valence-electron chi connectivity index (χ3n) is 14.3. The lowest BCUT2D eigenvalue weighted by Gasteiger charge is -2.52. The topological polar surface area (TPSA) is 40.5 Å². The van der Waals surface area contributed by atoms with Gasteiger partial charge in [0.05, 0.1) is 0 Å². The molecule has 4 unspecified atom stereocenters. The summed E-state index contributed by atoms with van der Waals surface area (Å²) in [6.45, 7) is 27.7. The van der Waals surface area contributed by atoms with Gasteiger partial charge in [-0.1, -0.05) is 279 Å². The van der Waals surface area contributed by atoms with Gasteiger partial charge in [0.25, 0.3) is 0 Å². The Labute approximate surface area is 398 Å². The predicted molar refractivity (Wildman–Crippen MR) is 289 cm³/mol. The van der Waals surface area contributed by atoms with E-state index in [0.29, 0.717) is 10.8 Å². The van der Waals surface area contributed by atoms with Gasteiger partial charge < -0.3 is 10.2 Å². The van der Waals surface area contributed by atoms with Crippen molar-refractivity contribution in [1.29, 1.82) is 0 Å². The van der Waals surface area contributed by atoms with Crippen LogP contribution in [0, 0.1) is 10.8 Å². The molecule has 0 bridgehead atoms. The van der Waals surface area contributed by atoms with Gasteiger partial charge in [-0.25, -0.2) is 0 Å². The molecule has 0 amide bonds. The highest BCUT2D eigenvalue weighted by Gasteiger charge is 2.47. The number of aliphatic hydroxyl groups is 2. The number of aliphatic hydroxyl groups excluding tert-OH is 2. The van der Waals surface area contributed by atoms with Gasteiger partial charge in [0, 0.05) is 14.2 Å². The molecule has 63 heavy (non-hydrogen) atoms. The molecule has 2 rings (SSSR count). The molecular formula is C61H116O2. The van der Waals surface area contributed by atoms with Gasteiger partial charge >= 0.3 is 0 Å². The summed E-state index contributed by atoms with van der Waals surface area (Å²) >= 11 is 0. The van der Waals surface area contributed by atoms with Crippen LogP contribution in [-0.4, -0.2) is 24.4 Å². The number of hydrogen-bond donors (Lipinski definition) is 2. The zero-order valence-electron chi connectivity index (χ0n) is 45.6. The molecule has 0 fully saturated rings. The smallest absolute Gasteiger partial charge is 0.0319 e. The van der Waals surface area contributed by atoms with Crippen LogP contribution in [0.4, 0.5) is 0 Å². The standard InChI is InChI=1S/C55H96.2C2H6.2CH4O/c1-9-16-21-24-26-36-46-55(45-35-25-22-17-10-2,51-39-31-28-32-40-51)49-54(43-33-19-12-4,44-34-23-18-11-3)48-53(41-14-6,42-20-13-5)47-52(8,15-7)50-37-29-27-30-38-50;4*1-2/h27-32,37-40H,9-26,33-36,41-49H2,1-8H3;2*1-2H3;2*2H,1H3. The Hall–Kier alpha value is -1.64. The van der Waals surface area contributed by atoms with Crippen molar-refractivity contribution < 1.29 is 10.2 Å². The summed E-state index contributed by atoms with van der Waals surface area (Å²) in [5, 5.41) is 14.0. The lowest BCUT2D eigenvalue weighted by Crippen LogP contribution is -2.42. The molecule has 0 heterocycles. The Bertz CT molecular complexity index is 1160. The van der Waals surface area contributed by atoms with Crippen LogP contribution < -0.4 is 0 Å². The minimum absolute atomic E-state index is 0.204. The first-order valence-electron chi connectivity index (χ1n) is 27.8. The third kappa shape index (κ3) is 27.6. The van der Waals surface area contributed by atoms with E-state index in [1.165, 1.54) is 199 Å². The van der Waals surface area contributed by atoms with Gasteiger partial charge in [0.15, 0.2) is 0 Å². The van der Waals surface area contributed by atoms with E-state index in [0.717, 1.165) is 14.2 Å². The van der Waals surface area contributed by atoms with Crippen molar-refractivity contribution in [3.8, 4) is 0 Å².